The highest BCUT2D eigenvalue weighted by Crippen LogP contribution is 2.30. The molecule has 0 bridgehead atoms. The highest BCUT2D eigenvalue weighted by molar-refractivity contribution is 9.10. The van der Waals surface area contributed by atoms with E-state index >= 15 is 0 Å². The summed E-state index contributed by atoms with van der Waals surface area (Å²) in [5, 5.41) is 3.01. The third-order valence-electron chi connectivity index (χ3n) is 3.31. The second kappa shape index (κ2) is 5.50. The van der Waals surface area contributed by atoms with Crippen molar-refractivity contribution in [2.24, 2.45) is 0 Å². The summed E-state index contributed by atoms with van der Waals surface area (Å²) in [6.07, 6.45) is 0. The topological polar surface area (TPSA) is 21.3 Å². The monoisotopic (exact) mass is 339 g/mol. The van der Waals surface area contributed by atoms with E-state index in [9.17, 15) is 8.78 Å². The van der Waals surface area contributed by atoms with Gasteiger partial charge in [-0.25, -0.2) is 8.78 Å². The minimum atomic E-state index is -0.501. The summed E-state index contributed by atoms with van der Waals surface area (Å²) in [7, 11) is 0. The number of rotatable bonds is 2. The molecule has 0 radical (unpaired) electrons. The highest BCUT2D eigenvalue weighted by Gasteiger charge is 2.21. The van der Waals surface area contributed by atoms with E-state index in [4.69, 9.17) is 4.74 Å². The molecule has 2 nitrogen and oxygen atoms in total. The van der Waals surface area contributed by atoms with Crippen molar-refractivity contribution in [1.29, 1.82) is 0 Å². The van der Waals surface area contributed by atoms with Crippen molar-refractivity contribution in [2.45, 2.75) is 12.6 Å². The van der Waals surface area contributed by atoms with Crippen LogP contribution in [-0.2, 0) is 11.3 Å². The van der Waals surface area contributed by atoms with E-state index in [1.54, 1.807) is 0 Å². The molecule has 2 aromatic rings. The molecule has 20 heavy (non-hydrogen) atoms. The van der Waals surface area contributed by atoms with Crippen LogP contribution in [-0.4, -0.2) is 6.61 Å². The maximum absolute atomic E-state index is 13.9. The molecule has 1 unspecified atom stereocenters. The number of halogens is 3. The Balaban J connectivity index is 1.91. The SMILES string of the molecule is Fc1cc(NC2COCc3ccccc32)c(F)cc1Br. The van der Waals surface area contributed by atoms with E-state index in [0.29, 0.717) is 13.2 Å². The normalized spacial score (nSPS) is 17.6. The average Bonchev–Trinajstić information content (AvgIpc) is 2.45. The van der Waals surface area contributed by atoms with Crippen molar-refractivity contribution in [1.82, 2.24) is 0 Å². The Morgan fingerprint density at radius 2 is 1.95 bits per heavy atom. The lowest BCUT2D eigenvalue weighted by atomic mass is 9.99. The molecule has 0 saturated heterocycles. The summed E-state index contributed by atoms with van der Waals surface area (Å²) in [5.74, 6) is -1.000. The molecular formula is C15H12BrF2NO. The first kappa shape index (κ1) is 13.5. The highest BCUT2D eigenvalue weighted by atomic mass is 79.9. The molecule has 0 spiro atoms. The molecule has 1 aliphatic rings. The van der Waals surface area contributed by atoms with Crippen LogP contribution in [0.5, 0.6) is 0 Å². The Hall–Kier alpha value is -1.46. The second-order valence-corrected chi connectivity index (χ2v) is 5.51. The van der Waals surface area contributed by atoms with Crippen LogP contribution in [0.2, 0.25) is 0 Å². The zero-order valence-electron chi connectivity index (χ0n) is 10.5. The molecule has 1 heterocycles. The third kappa shape index (κ3) is 2.55. The minimum Gasteiger partial charge on any atom is -0.374 e. The number of anilines is 1. The molecule has 3 rings (SSSR count). The molecule has 0 amide bonds. The minimum absolute atomic E-state index is 0.112. The van der Waals surface area contributed by atoms with Crippen LogP contribution in [0.4, 0.5) is 14.5 Å². The standard InChI is InChI=1S/C15H12BrF2NO/c16-11-5-13(18)14(6-12(11)17)19-15-8-20-7-9-3-1-2-4-10(9)15/h1-6,15,19H,7-8H2. The molecule has 1 N–H and O–H groups in total. The van der Waals surface area contributed by atoms with Crippen molar-refractivity contribution < 1.29 is 13.5 Å². The first-order valence-electron chi connectivity index (χ1n) is 6.22. The summed E-state index contributed by atoms with van der Waals surface area (Å²) in [5.41, 5.74) is 2.26. The molecule has 0 aromatic heterocycles. The van der Waals surface area contributed by atoms with Crippen LogP contribution >= 0.6 is 15.9 Å². The summed E-state index contributed by atoms with van der Waals surface area (Å²) in [6.45, 7) is 0.972. The van der Waals surface area contributed by atoms with Crippen molar-refractivity contribution in [3.8, 4) is 0 Å². The molecule has 0 saturated carbocycles. The van der Waals surface area contributed by atoms with Crippen LogP contribution < -0.4 is 5.32 Å². The third-order valence-corrected chi connectivity index (χ3v) is 3.92. The van der Waals surface area contributed by atoms with Gasteiger partial charge in [0.25, 0.3) is 0 Å². The zero-order valence-corrected chi connectivity index (χ0v) is 12.1. The van der Waals surface area contributed by atoms with Gasteiger partial charge in [0.05, 0.1) is 29.4 Å². The van der Waals surface area contributed by atoms with Gasteiger partial charge in [0, 0.05) is 6.07 Å². The number of fused-ring (bicyclic) bond motifs is 1. The zero-order chi connectivity index (χ0) is 14.1. The largest absolute Gasteiger partial charge is 0.374 e. The van der Waals surface area contributed by atoms with Crippen molar-refractivity contribution in [2.75, 3.05) is 11.9 Å². The van der Waals surface area contributed by atoms with Gasteiger partial charge in [-0.1, -0.05) is 24.3 Å². The van der Waals surface area contributed by atoms with Gasteiger partial charge in [-0.2, -0.15) is 0 Å². The number of ether oxygens (including phenoxy) is 1. The molecule has 104 valence electrons. The fourth-order valence-electron chi connectivity index (χ4n) is 2.32. The lowest BCUT2D eigenvalue weighted by Crippen LogP contribution is -2.23. The summed E-state index contributed by atoms with van der Waals surface area (Å²) < 4.78 is 33.0. The van der Waals surface area contributed by atoms with Crippen molar-refractivity contribution >= 4 is 21.6 Å². The molecule has 5 heteroatoms. The number of benzene rings is 2. The molecule has 0 aliphatic carbocycles. The Bertz CT molecular complexity index is 648. The van der Waals surface area contributed by atoms with E-state index < -0.39 is 11.6 Å². The Morgan fingerprint density at radius 3 is 2.80 bits per heavy atom. The van der Waals surface area contributed by atoms with Gasteiger partial charge in [0.1, 0.15) is 11.6 Å². The fourth-order valence-corrected chi connectivity index (χ4v) is 2.64. The maximum Gasteiger partial charge on any atom is 0.147 e. The van der Waals surface area contributed by atoms with E-state index in [1.165, 1.54) is 0 Å². The molecule has 2 aromatic carbocycles. The van der Waals surface area contributed by atoms with Gasteiger partial charge in [-0.15, -0.1) is 0 Å². The summed E-state index contributed by atoms with van der Waals surface area (Å²) in [6, 6.07) is 9.89. The summed E-state index contributed by atoms with van der Waals surface area (Å²) >= 11 is 2.96. The van der Waals surface area contributed by atoms with Crippen LogP contribution in [0.15, 0.2) is 40.9 Å². The van der Waals surface area contributed by atoms with E-state index in [2.05, 4.69) is 21.2 Å². The van der Waals surface area contributed by atoms with Crippen LogP contribution in [0, 0.1) is 11.6 Å². The summed E-state index contributed by atoms with van der Waals surface area (Å²) in [4.78, 5) is 0. The van der Waals surface area contributed by atoms with Crippen LogP contribution in [0.25, 0.3) is 0 Å². The van der Waals surface area contributed by atoms with Gasteiger partial charge < -0.3 is 10.1 Å². The lowest BCUT2D eigenvalue weighted by Gasteiger charge is -2.27. The first-order chi connectivity index (χ1) is 9.65. The van der Waals surface area contributed by atoms with Gasteiger partial charge in [-0.3, -0.25) is 0 Å². The van der Waals surface area contributed by atoms with E-state index in [-0.39, 0.29) is 16.2 Å². The second-order valence-electron chi connectivity index (χ2n) is 4.66. The first-order valence-corrected chi connectivity index (χ1v) is 7.01. The number of hydrogen-bond donors (Lipinski definition) is 1. The Kier molecular flexibility index (Phi) is 3.72. The molecule has 1 aliphatic heterocycles. The fraction of sp³-hybridized carbons (Fsp3) is 0.200. The quantitative estimate of drug-likeness (QED) is 0.818. The predicted octanol–water partition coefficient (Wildman–Crippen LogP) is 4.41. The van der Waals surface area contributed by atoms with Crippen LogP contribution in [0.3, 0.4) is 0 Å². The molecule has 1 atom stereocenters. The van der Waals surface area contributed by atoms with Gasteiger partial charge in [0.2, 0.25) is 0 Å². The molecular weight excluding hydrogens is 328 g/mol. The van der Waals surface area contributed by atoms with Crippen molar-refractivity contribution in [3.63, 3.8) is 0 Å². The van der Waals surface area contributed by atoms with Gasteiger partial charge in [-0.05, 0) is 33.1 Å². The Morgan fingerprint density at radius 1 is 1.15 bits per heavy atom. The Labute approximate surface area is 123 Å². The van der Waals surface area contributed by atoms with E-state index in [1.807, 2.05) is 24.3 Å². The average molecular weight is 340 g/mol. The number of nitrogens with one attached hydrogen (secondary N) is 1. The lowest BCUT2D eigenvalue weighted by molar-refractivity contribution is 0.0969. The molecule has 0 fully saturated rings. The predicted molar refractivity (Wildman–Crippen MR) is 76.5 cm³/mol. The number of hydrogen-bond acceptors (Lipinski definition) is 2. The van der Waals surface area contributed by atoms with E-state index in [0.717, 1.165) is 23.3 Å². The smallest absolute Gasteiger partial charge is 0.147 e. The van der Waals surface area contributed by atoms with Crippen molar-refractivity contribution in [3.05, 3.63) is 63.6 Å². The maximum atomic E-state index is 13.9. The van der Waals surface area contributed by atoms with Crippen LogP contribution in [0.1, 0.15) is 17.2 Å². The van der Waals surface area contributed by atoms with Gasteiger partial charge in [0.15, 0.2) is 0 Å². The van der Waals surface area contributed by atoms with Gasteiger partial charge >= 0.3 is 0 Å².